The second kappa shape index (κ2) is 7.25. The van der Waals surface area contributed by atoms with E-state index in [0.29, 0.717) is 12.6 Å². The van der Waals surface area contributed by atoms with Crippen molar-refractivity contribution in [1.82, 2.24) is 15.5 Å². The SMILES string of the molecule is CC(C)NC(=O)CN1CCCCC1CNC(C)(C)C. The Bertz CT molecular complexity index is 284. The maximum atomic E-state index is 11.9. The van der Waals surface area contributed by atoms with E-state index in [2.05, 4.69) is 36.3 Å². The van der Waals surface area contributed by atoms with Crippen LogP contribution in [0.5, 0.6) is 0 Å². The zero-order valence-electron chi connectivity index (χ0n) is 13.3. The van der Waals surface area contributed by atoms with Crippen molar-refractivity contribution in [1.29, 1.82) is 0 Å². The van der Waals surface area contributed by atoms with Crippen molar-refractivity contribution >= 4 is 5.91 Å². The Balaban J connectivity index is 2.45. The van der Waals surface area contributed by atoms with Crippen molar-refractivity contribution in [3.8, 4) is 0 Å². The summed E-state index contributed by atoms with van der Waals surface area (Å²) < 4.78 is 0. The molecular formula is C15H31N3O. The molecule has 0 aromatic carbocycles. The van der Waals surface area contributed by atoms with E-state index < -0.39 is 0 Å². The van der Waals surface area contributed by atoms with Crippen LogP contribution in [0.15, 0.2) is 0 Å². The van der Waals surface area contributed by atoms with Gasteiger partial charge in [-0.2, -0.15) is 0 Å². The maximum Gasteiger partial charge on any atom is 0.234 e. The van der Waals surface area contributed by atoms with Gasteiger partial charge in [-0.3, -0.25) is 9.69 Å². The van der Waals surface area contributed by atoms with Crippen LogP contribution in [0.1, 0.15) is 53.9 Å². The number of carbonyl (C=O) groups is 1. The highest BCUT2D eigenvalue weighted by Crippen LogP contribution is 2.16. The molecular weight excluding hydrogens is 238 g/mol. The molecule has 1 saturated heterocycles. The van der Waals surface area contributed by atoms with E-state index in [9.17, 15) is 4.79 Å². The van der Waals surface area contributed by atoms with Gasteiger partial charge in [-0.25, -0.2) is 0 Å². The fraction of sp³-hybridized carbons (Fsp3) is 0.933. The molecule has 2 N–H and O–H groups in total. The maximum absolute atomic E-state index is 11.9. The summed E-state index contributed by atoms with van der Waals surface area (Å²) >= 11 is 0. The molecule has 19 heavy (non-hydrogen) atoms. The van der Waals surface area contributed by atoms with Crippen molar-refractivity contribution in [2.24, 2.45) is 0 Å². The third-order valence-corrected chi connectivity index (χ3v) is 3.41. The minimum Gasteiger partial charge on any atom is -0.353 e. The highest BCUT2D eigenvalue weighted by molar-refractivity contribution is 5.78. The van der Waals surface area contributed by atoms with Crippen molar-refractivity contribution in [3.63, 3.8) is 0 Å². The van der Waals surface area contributed by atoms with Crippen LogP contribution >= 0.6 is 0 Å². The number of rotatable bonds is 5. The van der Waals surface area contributed by atoms with Crippen molar-refractivity contribution in [3.05, 3.63) is 0 Å². The molecule has 0 aliphatic carbocycles. The standard InChI is InChI=1S/C15H31N3O/c1-12(2)17-14(19)11-18-9-7-6-8-13(18)10-16-15(3,4)5/h12-13,16H,6-11H2,1-5H3,(H,17,19). The molecule has 4 nitrogen and oxygen atoms in total. The highest BCUT2D eigenvalue weighted by Gasteiger charge is 2.25. The monoisotopic (exact) mass is 269 g/mol. The van der Waals surface area contributed by atoms with E-state index in [4.69, 9.17) is 0 Å². The molecule has 1 atom stereocenters. The average Bonchev–Trinajstić information content (AvgIpc) is 2.25. The predicted octanol–water partition coefficient (Wildman–Crippen LogP) is 1.75. The van der Waals surface area contributed by atoms with Gasteiger partial charge in [0.05, 0.1) is 6.54 Å². The molecule has 112 valence electrons. The summed E-state index contributed by atoms with van der Waals surface area (Å²) in [6.07, 6.45) is 3.68. The van der Waals surface area contributed by atoms with Crippen LogP contribution in [-0.2, 0) is 4.79 Å². The largest absolute Gasteiger partial charge is 0.353 e. The van der Waals surface area contributed by atoms with E-state index >= 15 is 0 Å². The Kier molecular flexibility index (Phi) is 6.27. The summed E-state index contributed by atoms with van der Waals surface area (Å²) in [7, 11) is 0. The summed E-state index contributed by atoms with van der Waals surface area (Å²) in [5.41, 5.74) is 0.142. The smallest absolute Gasteiger partial charge is 0.234 e. The number of hydrogen-bond donors (Lipinski definition) is 2. The number of likely N-dealkylation sites (tertiary alicyclic amines) is 1. The Morgan fingerprint density at radius 3 is 2.58 bits per heavy atom. The molecule has 1 aliphatic heterocycles. The highest BCUT2D eigenvalue weighted by atomic mass is 16.2. The number of piperidine rings is 1. The summed E-state index contributed by atoms with van der Waals surface area (Å²) in [6.45, 7) is 13.1. The van der Waals surface area contributed by atoms with Crippen LogP contribution in [-0.4, -0.2) is 48.1 Å². The van der Waals surface area contributed by atoms with Gasteiger partial charge < -0.3 is 10.6 Å². The van der Waals surface area contributed by atoms with Crippen molar-refractivity contribution < 1.29 is 4.79 Å². The Labute approximate surface area is 118 Å². The number of hydrogen-bond acceptors (Lipinski definition) is 3. The first-order valence-corrected chi connectivity index (χ1v) is 7.56. The molecule has 1 unspecified atom stereocenters. The van der Waals surface area contributed by atoms with E-state index in [0.717, 1.165) is 13.1 Å². The Morgan fingerprint density at radius 1 is 1.32 bits per heavy atom. The summed E-state index contributed by atoms with van der Waals surface area (Å²) in [5, 5.41) is 6.54. The van der Waals surface area contributed by atoms with Crippen LogP contribution in [0.3, 0.4) is 0 Å². The van der Waals surface area contributed by atoms with E-state index in [1.165, 1.54) is 19.3 Å². The third kappa shape index (κ3) is 6.92. The molecule has 0 aromatic heterocycles. The van der Waals surface area contributed by atoms with Crippen LogP contribution < -0.4 is 10.6 Å². The number of amides is 1. The zero-order valence-corrected chi connectivity index (χ0v) is 13.3. The van der Waals surface area contributed by atoms with Crippen molar-refractivity contribution in [2.45, 2.75) is 71.5 Å². The fourth-order valence-corrected chi connectivity index (χ4v) is 2.48. The van der Waals surface area contributed by atoms with E-state index in [1.807, 2.05) is 13.8 Å². The zero-order chi connectivity index (χ0) is 14.5. The second-order valence-corrected chi connectivity index (χ2v) is 6.97. The summed E-state index contributed by atoms with van der Waals surface area (Å²) in [5.74, 6) is 0.151. The van der Waals surface area contributed by atoms with Gasteiger partial charge in [0.2, 0.25) is 5.91 Å². The lowest BCUT2D eigenvalue weighted by Crippen LogP contribution is -2.52. The van der Waals surface area contributed by atoms with Crippen molar-refractivity contribution in [2.75, 3.05) is 19.6 Å². The van der Waals surface area contributed by atoms with Crippen LogP contribution in [0.2, 0.25) is 0 Å². The van der Waals surface area contributed by atoms with Gasteiger partial charge in [-0.1, -0.05) is 6.42 Å². The minimum atomic E-state index is 0.142. The molecule has 4 heteroatoms. The summed E-state index contributed by atoms with van der Waals surface area (Å²) in [4.78, 5) is 14.2. The van der Waals surface area contributed by atoms with Gasteiger partial charge in [0.1, 0.15) is 0 Å². The molecule has 0 saturated carbocycles. The molecule has 0 bridgehead atoms. The van der Waals surface area contributed by atoms with E-state index in [-0.39, 0.29) is 17.5 Å². The molecule has 1 heterocycles. The van der Waals surface area contributed by atoms with Crippen LogP contribution in [0, 0.1) is 0 Å². The summed E-state index contributed by atoms with van der Waals surface area (Å²) in [6, 6.07) is 0.717. The lowest BCUT2D eigenvalue weighted by atomic mass is 10.0. The third-order valence-electron chi connectivity index (χ3n) is 3.41. The first kappa shape index (κ1) is 16.4. The Morgan fingerprint density at radius 2 is 2.00 bits per heavy atom. The first-order valence-electron chi connectivity index (χ1n) is 7.56. The molecule has 1 rings (SSSR count). The molecule has 1 fully saturated rings. The number of nitrogens with zero attached hydrogens (tertiary/aromatic N) is 1. The van der Waals surface area contributed by atoms with Gasteiger partial charge in [0.25, 0.3) is 0 Å². The van der Waals surface area contributed by atoms with Gasteiger partial charge in [-0.05, 0) is 54.0 Å². The van der Waals surface area contributed by atoms with E-state index in [1.54, 1.807) is 0 Å². The predicted molar refractivity (Wildman–Crippen MR) is 80.2 cm³/mol. The van der Waals surface area contributed by atoms with Gasteiger partial charge in [0, 0.05) is 24.2 Å². The molecule has 1 aliphatic rings. The number of nitrogens with one attached hydrogen (secondary N) is 2. The molecule has 0 spiro atoms. The minimum absolute atomic E-state index is 0.142. The van der Waals surface area contributed by atoms with Crippen LogP contribution in [0.25, 0.3) is 0 Å². The fourth-order valence-electron chi connectivity index (χ4n) is 2.48. The van der Waals surface area contributed by atoms with Gasteiger partial charge in [-0.15, -0.1) is 0 Å². The number of carbonyl (C=O) groups excluding carboxylic acids is 1. The quantitative estimate of drug-likeness (QED) is 0.799. The topological polar surface area (TPSA) is 44.4 Å². The Hall–Kier alpha value is -0.610. The van der Waals surface area contributed by atoms with Gasteiger partial charge in [0.15, 0.2) is 0 Å². The molecule has 1 amide bonds. The van der Waals surface area contributed by atoms with Crippen LogP contribution in [0.4, 0.5) is 0 Å². The normalized spacial score (nSPS) is 21.7. The average molecular weight is 269 g/mol. The lowest BCUT2D eigenvalue weighted by molar-refractivity contribution is -0.123. The molecule has 0 radical (unpaired) electrons. The lowest BCUT2D eigenvalue weighted by Gasteiger charge is -2.37. The second-order valence-electron chi connectivity index (χ2n) is 6.97. The first-order chi connectivity index (χ1) is 8.78. The van der Waals surface area contributed by atoms with Gasteiger partial charge >= 0.3 is 0 Å². The molecule has 0 aromatic rings.